The minimum atomic E-state index is -0.531. The van der Waals surface area contributed by atoms with Gasteiger partial charge in [0.25, 0.3) is 0 Å². The molecule has 0 radical (unpaired) electrons. The second kappa shape index (κ2) is 8.48. The Bertz CT molecular complexity index is 987. The number of fused-ring (bicyclic) bond motifs is 1. The van der Waals surface area contributed by atoms with Crippen LogP contribution in [0.3, 0.4) is 0 Å². The summed E-state index contributed by atoms with van der Waals surface area (Å²) >= 11 is 0. The number of esters is 1. The third-order valence-electron chi connectivity index (χ3n) is 4.49. The lowest BCUT2D eigenvalue weighted by molar-refractivity contribution is -0.134. The van der Waals surface area contributed by atoms with Crippen molar-refractivity contribution < 1.29 is 19.1 Å². The summed E-state index contributed by atoms with van der Waals surface area (Å²) in [5, 5.41) is 3.14. The van der Waals surface area contributed by atoms with E-state index >= 15 is 0 Å². The summed E-state index contributed by atoms with van der Waals surface area (Å²) in [7, 11) is 1.28. The highest BCUT2D eigenvalue weighted by molar-refractivity contribution is 6.41. The molecule has 0 bridgehead atoms. The first-order valence-electron chi connectivity index (χ1n) is 9.10. The average molecular weight is 375 g/mol. The molecule has 142 valence electrons. The predicted molar refractivity (Wildman–Crippen MR) is 108 cm³/mol. The monoisotopic (exact) mass is 375 g/mol. The zero-order chi connectivity index (χ0) is 20.1. The van der Waals surface area contributed by atoms with Gasteiger partial charge in [0.1, 0.15) is 0 Å². The summed E-state index contributed by atoms with van der Waals surface area (Å²) in [6.45, 7) is 2.58. The number of benzene rings is 2. The minimum absolute atomic E-state index is 0.227. The molecule has 5 nitrogen and oxygen atoms in total. The number of allylic oxidation sites excluding steroid dienone is 2. The van der Waals surface area contributed by atoms with Crippen molar-refractivity contribution in [3.63, 3.8) is 0 Å². The van der Waals surface area contributed by atoms with Crippen molar-refractivity contribution in [1.82, 2.24) is 5.32 Å². The molecule has 0 heterocycles. The Morgan fingerprint density at radius 1 is 1.04 bits per heavy atom. The Kier molecular flexibility index (Phi) is 5.84. The molecule has 0 unspecified atom stereocenters. The van der Waals surface area contributed by atoms with Crippen molar-refractivity contribution in [2.24, 2.45) is 0 Å². The summed E-state index contributed by atoms with van der Waals surface area (Å²) in [6.07, 6.45) is 3.56. The topological polar surface area (TPSA) is 72.5 Å². The second-order valence-electron chi connectivity index (χ2n) is 6.33. The van der Waals surface area contributed by atoms with Gasteiger partial charge in [-0.25, -0.2) is 4.79 Å². The lowest BCUT2D eigenvalue weighted by Gasteiger charge is -2.23. The maximum absolute atomic E-state index is 13.5. The fourth-order valence-corrected chi connectivity index (χ4v) is 3.16. The molecule has 0 saturated heterocycles. The van der Waals surface area contributed by atoms with Crippen molar-refractivity contribution in [3.8, 4) is 0 Å². The fourth-order valence-electron chi connectivity index (χ4n) is 3.16. The molecular weight excluding hydrogens is 354 g/mol. The normalized spacial score (nSPS) is 13.6. The van der Waals surface area contributed by atoms with Crippen LogP contribution in [-0.4, -0.2) is 31.2 Å². The first kappa shape index (κ1) is 19.3. The Labute approximate surface area is 163 Å². The van der Waals surface area contributed by atoms with E-state index in [9.17, 15) is 14.4 Å². The van der Waals surface area contributed by atoms with Crippen LogP contribution in [0.15, 0.2) is 60.3 Å². The van der Waals surface area contributed by atoms with Crippen molar-refractivity contribution in [2.45, 2.75) is 13.3 Å². The predicted octanol–water partition coefficient (Wildman–Crippen LogP) is 3.66. The molecule has 3 rings (SSSR count). The van der Waals surface area contributed by atoms with Gasteiger partial charge in [-0.2, -0.15) is 0 Å². The van der Waals surface area contributed by atoms with Crippen molar-refractivity contribution in [3.05, 3.63) is 82.6 Å². The van der Waals surface area contributed by atoms with Gasteiger partial charge >= 0.3 is 5.97 Å². The van der Waals surface area contributed by atoms with Crippen LogP contribution in [0.25, 0.3) is 11.6 Å². The van der Waals surface area contributed by atoms with Crippen molar-refractivity contribution >= 4 is 29.2 Å². The van der Waals surface area contributed by atoms with E-state index in [0.717, 1.165) is 6.42 Å². The standard InChI is InChI=1S/C23H21NO4/c1-3-14-24-21-20(15-8-5-4-6-9-15)23(27)19-16(12-13-18(25)28-2)10-7-11-17(19)22(21)26/h4-13,24H,3,14H2,1-2H3/b13-12+. The van der Waals surface area contributed by atoms with E-state index in [1.807, 2.05) is 37.3 Å². The number of hydrogen-bond donors (Lipinski definition) is 1. The Balaban J connectivity index is 2.18. The highest BCUT2D eigenvalue weighted by Crippen LogP contribution is 2.33. The number of carbonyl (C=O) groups excluding carboxylic acids is 3. The number of Topliss-reactive ketones (excluding diaryl/α,β-unsaturated/α-hetero) is 2. The number of nitrogens with one attached hydrogen (secondary N) is 1. The largest absolute Gasteiger partial charge is 0.466 e. The molecule has 0 spiro atoms. The lowest BCUT2D eigenvalue weighted by atomic mass is 9.81. The Hall–Kier alpha value is -3.47. The molecule has 0 fully saturated rings. The van der Waals surface area contributed by atoms with E-state index in [1.54, 1.807) is 18.2 Å². The molecule has 5 heteroatoms. The number of methoxy groups -OCH3 is 1. The van der Waals surface area contributed by atoms with Gasteiger partial charge in [0, 0.05) is 23.7 Å². The molecule has 28 heavy (non-hydrogen) atoms. The average Bonchev–Trinajstić information content (AvgIpc) is 2.73. The summed E-state index contributed by atoms with van der Waals surface area (Å²) in [5.41, 5.74) is 2.48. The van der Waals surface area contributed by atoms with Gasteiger partial charge in [0.05, 0.1) is 18.4 Å². The number of hydrogen-bond acceptors (Lipinski definition) is 5. The van der Waals surface area contributed by atoms with Crippen molar-refractivity contribution in [2.75, 3.05) is 13.7 Å². The summed E-state index contributed by atoms with van der Waals surface area (Å²) in [5.74, 6) is -1.00. The van der Waals surface area contributed by atoms with Gasteiger partial charge < -0.3 is 10.1 Å². The van der Waals surface area contributed by atoms with E-state index in [2.05, 4.69) is 10.1 Å². The first-order chi connectivity index (χ1) is 13.6. The third kappa shape index (κ3) is 3.64. The van der Waals surface area contributed by atoms with Gasteiger partial charge in [-0.1, -0.05) is 55.5 Å². The molecule has 2 aromatic carbocycles. The number of carbonyl (C=O) groups is 3. The van der Waals surface area contributed by atoms with Crippen LogP contribution in [-0.2, 0) is 9.53 Å². The smallest absolute Gasteiger partial charge is 0.330 e. The van der Waals surface area contributed by atoms with E-state index in [0.29, 0.717) is 40.1 Å². The molecule has 1 aliphatic rings. The molecule has 2 aromatic rings. The zero-order valence-electron chi connectivity index (χ0n) is 15.8. The quantitative estimate of drug-likeness (QED) is 0.616. The van der Waals surface area contributed by atoms with Crippen LogP contribution in [0.2, 0.25) is 0 Å². The zero-order valence-corrected chi connectivity index (χ0v) is 15.8. The highest BCUT2D eigenvalue weighted by atomic mass is 16.5. The Morgan fingerprint density at radius 3 is 2.46 bits per heavy atom. The third-order valence-corrected chi connectivity index (χ3v) is 4.49. The maximum Gasteiger partial charge on any atom is 0.330 e. The SMILES string of the molecule is CCCNC1=C(c2ccccc2)C(=O)c2c(/C=C/C(=O)OC)cccc2C1=O. The van der Waals surface area contributed by atoms with E-state index < -0.39 is 5.97 Å². The molecule has 0 aromatic heterocycles. The van der Waals surface area contributed by atoms with Crippen LogP contribution in [0.4, 0.5) is 0 Å². The molecule has 0 amide bonds. The van der Waals surface area contributed by atoms with Crippen LogP contribution in [0, 0.1) is 0 Å². The molecule has 1 aliphatic carbocycles. The lowest BCUT2D eigenvalue weighted by Crippen LogP contribution is -2.31. The summed E-state index contributed by atoms with van der Waals surface area (Å²) in [4.78, 5) is 38.2. The van der Waals surface area contributed by atoms with E-state index in [1.165, 1.54) is 19.3 Å². The van der Waals surface area contributed by atoms with Gasteiger partial charge in [-0.3, -0.25) is 9.59 Å². The fraction of sp³-hybridized carbons (Fsp3) is 0.174. The van der Waals surface area contributed by atoms with Crippen LogP contribution < -0.4 is 5.32 Å². The number of ether oxygens (including phenoxy) is 1. The second-order valence-corrected chi connectivity index (χ2v) is 6.33. The highest BCUT2D eigenvalue weighted by Gasteiger charge is 2.34. The van der Waals surface area contributed by atoms with E-state index in [4.69, 9.17) is 0 Å². The summed E-state index contributed by atoms with van der Waals surface area (Å²) < 4.78 is 4.62. The molecule has 0 aliphatic heterocycles. The minimum Gasteiger partial charge on any atom is -0.466 e. The van der Waals surface area contributed by atoms with E-state index in [-0.39, 0.29) is 11.6 Å². The first-order valence-corrected chi connectivity index (χ1v) is 9.10. The van der Waals surface area contributed by atoms with Gasteiger partial charge in [0.2, 0.25) is 5.78 Å². The summed E-state index contributed by atoms with van der Waals surface area (Å²) in [6, 6.07) is 14.2. The van der Waals surface area contributed by atoms with Gasteiger partial charge in [-0.15, -0.1) is 0 Å². The molecule has 1 N–H and O–H groups in total. The van der Waals surface area contributed by atoms with Crippen molar-refractivity contribution in [1.29, 1.82) is 0 Å². The molecule has 0 atom stereocenters. The van der Waals surface area contributed by atoms with Crippen LogP contribution in [0.5, 0.6) is 0 Å². The number of rotatable bonds is 6. The molecular formula is C23H21NO4. The molecule has 0 saturated carbocycles. The van der Waals surface area contributed by atoms with Crippen LogP contribution >= 0.6 is 0 Å². The van der Waals surface area contributed by atoms with Gasteiger partial charge in [-0.05, 0) is 23.6 Å². The number of ketones is 2. The van der Waals surface area contributed by atoms with Crippen LogP contribution in [0.1, 0.15) is 45.2 Å². The maximum atomic E-state index is 13.5. The van der Waals surface area contributed by atoms with Gasteiger partial charge in [0.15, 0.2) is 5.78 Å². The Morgan fingerprint density at radius 2 is 1.79 bits per heavy atom.